The third kappa shape index (κ3) is 3.49. The number of ether oxygens (including phenoxy) is 1. The van der Waals surface area contributed by atoms with Crippen molar-refractivity contribution in [3.63, 3.8) is 0 Å². The maximum atomic E-state index is 11.8. The summed E-state index contributed by atoms with van der Waals surface area (Å²) in [4.78, 5) is 29.0. The van der Waals surface area contributed by atoms with Crippen molar-refractivity contribution >= 4 is 17.3 Å². The quantitative estimate of drug-likeness (QED) is 0.606. The molecule has 1 saturated heterocycles. The van der Waals surface area contributed by atoms with Crippen LogP contribution in [0.2, 0.25) is 0 Å². The van der Waals surface area contributed by atoms with Crippen LogP contribution in [-0.4, -0.2) is 52.8 Å². The lowest BCUT2D eigenvalue weighted by atomic mass is 10.1. The lowest BCUT2D eigenvalue weighted by Crippen LogP contribution is -2.39. The van der Waals surface area contributed by atoms with E-state index in [2.05, 4.69) is 20.5 Å². The highest BCUT2D eigenvalue weighted by atomic mass is 16.6. The van der Waals surface area contributed by atoms with E-state index >= 15 is 0 Å². The molecule has 26 heavy (non-hydrogen) atoms. The number of anilines is 1. The van der Waals surface area contributed by atoms with Gasteiger partial charge in [0.15, 0.2) is 5.82 Å². The predicted octanol–water partition coefficient (Wildman–Crippen LogP) is 1.21. The van der Waals surface area contributed by atoms with Gasteiger partial charge >= 0.3 is 0 Å². The van der Waals surface area contributed by atoms with Crippen molar-refractivity contribution < 1.29 is 14.5 Å². The second-order valence-corrected chi connectivity index (χ2v) is 5.84. The topological polar surface area (TPSA) is 126 Å². The van der Waals surface area contributed by atoms with Crippen LogP contribution < -0.4 is 10.2 Å². The Morgan fingerprint density at radius 3 is 3.00 bits per heavy atom. The number of carbonyl (C=O) groups is 1. The number of nitrogens with one attached hydrogen (secondary N) is 2. The molecule has 1 aromatic carbocycles. The van der Waals surface area contributed by atoms with Crippen LogP contribution in [0.25, 0.3) is 0 Å². The van der Waals surface area contributed by atoms with Crippen molar-refractivity contribution in [2.45, 2.75) is 19.4 Å². The molecule has 0 aliphatic carbocycles. The van der Waals surface area contributed by atoms with Crippen LogP contribution in [0.5, 0.6) is 0 Å². The van der Waals surface area contributed by atoms with Crippen molar-refractivity contribution in [1.82, 2.24) is 20.5 Å². The number of morpholine rings is 1. The Labute approximate surface area is 149 Å². The predicted molar refractivity (Wildman–Crippen MR) is 93.2 cm³/mol. The number of rotatable bonds is 5. The largest absolute Gasteiger partial charge is 0.366 e. The summed E-state index contributed by atoms with van der Waals surface area (Å²) in [6.45, 7) is 3.26. The molecule has 1 amide bonds. The Hall–Kier alpha value is -3.01. The van der Waals surface area contributed by atoms with Gasteiger partial charge in [-0.1, -0.05) is 6.92 Å². The van der Waals surface area contributed by atoms with Crippen LogP contribution in [0.4, 0.5) is 11.4 Å². The first kappa shape index (κ1) is 17.8. The number of nitro benzene ring substituents is 1. The van der Waals surface area contributed by atoms with E-state index in [0.29, 0.717) is 31.2 Å². The minimum Gasteiger partial charge on any atom is -0.366 e. The molecule has 2 aromatic rings. The smallest absolute Gasteiger partial charge is 0.293 e. The van der Waals surface area contributed by atoms with Crippen molar-refractivity contribution in [3.8, 4) is 0 Å². The zero-order valence-electron chi connectivity index (χ0n) is 14.6. The summed E-state index contributed by atoms with van der Waals surface area (Å²) in [6, 6.07) is 4.47. The number of hydrogen-bond acceptors (Lipinski definition) is 7. The van der Waals surface area contributed by atoms with E-state index in [-0.39, 0.29) is 23.3 Å². The van der Waals surface area contributed by atoms with Crippen LogP contribution in [-0.2, 0) is 11.2 Å². The maximum Gasteiger partial charge on any atom is 0.293 e. The van der Waals surface area contributed by atoms with Crippen LogP contribution in [0.3, 0.4) is 0 Å². The summed E-state index contributed by atoms with van der Waals surface area (Å²) in [5.41, 5.74) is 0.576. The lowest BCUT2D eigenvalue weighted by Gasteiger charge is -2.33. The van der Waals surface area contributed by atoms with E-state index in [1.807, 2.05) is 11.8 Å². The van der Waals surface area contributed by atoms with E-state index in [9.17, 15) is 14.9 Å². The third-order valence-electron chi connectivity index (χ3n) is 4.24. The van der Waals surface area contributed by atoms with Gasteiger partial charge in [-0.05, 0) is 12.1 Å². The summed E-state index contributed by atoms with van der Waals surface area (Å²) in [5.74, 6) is 0.935. The summed E-state index contributed by atoms with van der Waals surface area (Å²) < 4.78 is 5.73. The van der Waals surface area contributed by atoms with Crippen LogP contribution in [0.15, 0.2) is 18.2 Å². The molecule has 3 rings (SSSR count). The van der Waals surface area contributed by atoms with Gasteiger partial charge in [-0.25, -0.2) is 4.98 Å². The molecule has 0 bridgehead atoms. The van der Waals surface area contributed by atoms with Gasteiger partial charge in [-0.3, -0.25) is 20.0 Å². The molecule has 1 aliphatic heterocycles. The number of benzene rings is 1. The standard InChI is InChI=1S/C16H20N6O4/c1-3-14-18-15(20-19-14)13-9-21(6-7-26-13)11-5-4-10(16(23)17-2)8-12(11)22(24)25/h4-5,8,13H,3,6-7,9H2,1-2H3,(H,17,23)(H,18,19,20). The maximum absolute atomic E-state index is 11.8. The fraction of sp³-hybridized carbons (Fsp3) is 0.438. The average molecular weight is 360 g/mol. The lowest BCUT2D eigenvalue weighted by molar-refractivity contribution is -0.384. The van der Waals surface area contributed by atoms with Gasteiger partial charge < -0.3 is 15.0 Å². The minimum atomic E-state index is -0.478. The monoisotopic (exact) mass is 360 g/mol. The number of nitrogens with zero attached hydrogens (tertiary/aromatic N) is 4. The number of carbonyl (C=O) groups excluding carboxylic acids is 1. The second kappa shape index (κ2) is 7.48. The second-order valence-electron chi connectivity index (χ2n) is 5.84. The van der Waals surface area contributed by atoms with Crippen molar-refractivity contribution in [3.05, 3.63) is 45.5 Å². The molecule has 10 heteroatoms. The highest BCUT2D eigenvalue weighted by molar-refractivity contribution is 5.95. The Morgan fingerprint density at radius 2 is 2.35 bits per heavy atom. The SMILES string of the molecule is CCc1nc(C2CN(c3ccc(C(=O)NC)cc3[N+](=O)[O-])CCO2)n[nH]1. The zero-order chi connectivity index (χ0) is 18.7. The summed E-state index contributed by atoms with van der Waals surface area (Å²) in [6.07, 6.45) is 0.356. The molecule has 1 aliphatic rings. The fourth-order valence-electron chi connectivity index (χ4n) is 2.86. The molecular formula is C16H20N6O4. The molecule has 1 aromatic heterocycles. The van der Waals surface area contributed by atoms with Crippen LogP contribution in [0, 0.1) is 10.1 Å². The van der Waals surface area contributed by atoms with E-state index in [4.69, 9.17) is 4.74 Å². The third-order valence-corrected chi connectivity index (χ3v) is 4.24. The van der Waals surface area contributed by atoms with Crippen molar-refractivity contribution in [2.24, 2.45) is 0 Å². The molecule has 10 nitrogen and oxygen atoms in total. The van der Waals surface area contributed by atoms with Gasteiger partial charge in [-0.2, -0.15) is 5.10 Å². The Morgan fingerprint density at radius 1 is 1.54 bits per heavy atom. The average Bonchev–Trinajstić information content (AvgIpc) is 3.16. The molecule has 2 heterocycles. The van der Waals surface area contributed by atoms with Gasteiger partial charge in [0.2, 0.25) is 0 Å². The van der Waals surface area contributed by atoms with E-state index in [1.165, 1.54) is 13.1 Å². The Kier molecular flexibility index (Phi) is 5.12. The number of aromatic amines is 1. The van der Waals surface area contributed by atoms with Crippen molar-refractivity contribution in [1.29, 1.82) is 0 Å². The van der Waals surface area contributed by atoms with E-state index in [1.54, 1.807) is 12.1 Å². The van der Waals surface area contributed by atoms with Gasteiger partial charge in [0.05, 0.1) is 18.1 Å². The number of H-pyrrole nitrogens is 1. The number of hydrogen-bond donors (Lipinski definition) is 2. The molecule has 0 saturated carbocycles. The first-order chi connectivity index (χ1) is 12.5. The van der Waals surface area contributed by atoms with Gasteiger partial charge in [0.1, 0.15) is 17.6 Å². The number of aromatic nitrogens is 3. The van der Waals surface area contributed by atoms with Crippen LogP contribution in [0.1, 0.15) is 35.0 Å². The fourth-order valence-corrected chi connectivity index (χ4v) is 2.86. The molecule has 0 radical (unpaired) electrons. The number of amides is 1. The molecular weight excluding hydrogens is 340 g/mol. The van der Waals surface area contributed by atoms with Crippen molar-refractivity contribution in [2.75, 3.05) is 31.6 Å². The molecule has 1 atom stereocenters. The van der Waals surface area contributed by atoms with Gasteiger partial charge in [0.25, 0.3) is 11.6 Å². The minimum absolute atomic E-state index is 0.115. The van der Waals surface area contributed by atoms with Gasteiger partial charge in [-0.15, -0.1) is 0 Å². The molecule has 1 unspecified atom stereocenters. The molecule has 138 valence electrons. The zero-order valence-corrected chi connectivity index (χ0v) is 14.6. The summed E-state index contributed by atoms with van der Waals surface area (Å²) >= 11 is 0. The Balaban J connectivity index is 1.87. The molecule has 2 N–H and O–H groups in total. The first-order valence-electron chi connectivity index (χ1n) is 8.31. The van der Waals surface area contributed by atoms with E-state index < -0.39 is 4.92 Å². The highest BCUT2D eigenvalue weighted by Gasteiger charge is 2.29. The highest BCUT2D eigenvalue weighted by Crippen LogP contribution is 2.32. The summed E-state index contributed by atoms with van der Waals surface area (Å²) in [7, 11) is 1.48. The summed E-state index contributed by atoms with van der Waals surface area (Å²) in [5, 5.41) is 21.0. The molecule has 1 fully saturated rings. The first-order valence-corrected chi connectivity index (χ1v) is 8.31. The normalized spacial score (nSPS) is 17.2. The number of aryl methyl sites for hydroxylation is 1. The molecule has 0 spiro atoms. The Bertz CT molecular complexity index is 821. The van der Waals surface area contributed by atoms with E-state index in [0.717, 1.165) is 12.2 Å². The number of nitro groups is 1. The van der Waals surface area contributed by atoms with Crippen LogP contribution >= 0.6 is 0 Å². The van der Waals surface area contributed by atoms with Gasteiger partial charge in [0, 0.05) is 31.6 Å².